The van der Waals surface area contributed by atoms with E-state index in [1.54, 1.807) is 0 Å². The maximum absolute atomic E-state index is 11.6. The Kier molecular flexibility index (Phi) is 2.72. The number of carboxylic acid groups (broad SMARTS) is 1. The van der Waals surface area contributed by atoms with Gasteiger partial charge >= 0.3 is 5.97 Å². The first-order valence-electron chi connectivity index (χ1n) is 9.13. The largest absolute Gasteiger partial charge is 0.481 e. The molecule has 1 N–H and O–H groups in total. The fourth-order valence-corrected chi connectivity index (χ4v) is 7.71. The fourth-order valence-electron chi connectivity index (χ4n) is 7.71. The molecule has 6 aliphatic carbocycles. The minimum absolute atomic E-state index is 0.204. The predicted molar refractivity (Wildman–Crippen MR) is 80.6 cm³/mol. The van der Waals surface area contributed by atoms with Crippen LogP contribution in [0.25, 0.3) is 0 Å². The Morgan fingerprint density at radius 3 is 2.14 bits per heavy atom. The molecule has 6 bridgehead atoms. The molecule has 3 heteroatoms. The highest BCUT2D eigenvalue weighted by Gasteiger charge is 2.60. The Bertz CT molecular complexity index is 545. The molecule has 3 nitrogen and oxygen atoms in total. The van der Waals surface area contributed by atoms with Gasteiger partial charge in [-0.1, -0.05) is 0 Å². The quantitative estimate of drug-likeness (QED) is 0.797. The van der Waals surface area contributed by atoms with Crippen LogP contribution < -0.4 is 0 Å². The van der Waals surface area contributed by atoms with Crippen LogP contribution in [0.15, 0.2) is 5.57 Å². The molecule has 6 saturated carbocycles. The van der Waals surface area contributed by atoms with Crippen LogP contribution in [-0.2, 0) is 9.59 Å². The smallest absolute Gasteiger partial charge is 0.306 e. The Hall–Kier alpha value is -1.08. The maximum atomic E-state index is 11.6. The van der Waals surface area contributed by atoms with E-state index in [0.717, 1.165) is 35.7 Å². The topological polar surface area (TPSA) is 54.4 Å². The standard InChI is InChI=1S/C19H24O3/c20-8-16-11-6-14(15(7-11)19(21)22)18(16)17-12-2-9-1-10(4-12)5-13(17)3-9/h9-15,17-18H,1-7H2,(H,21,22). The third-order valence-electron chi connectivity index (χ3n) is 8.02. The summed E-state index contributed by atoms with van der Waals surface area (Å²) in [7, 11) is 0. The number of carbonyl (C=O) groups excluding carboxylic acids is 1. The van der Waals surface area contributed by atoms with E-state index in [1.165, 1.54) is 32.1 Å². The monoisotopic (exact) mass is 300 g/mol. The van der Waals surface area contributed by atoms with Crippen molar-refractivity contribution in [2.75, 3.05) is 0 Å². The van der Waals surface area contributed by atoms with E-state index in [4.69, 9.17) is 0 Å². The summed E-state index contributed by atoms with van der Waals surface area (Å²) in [4.78, 5) is 23.2. The van der Waals surface area contributed by atoms with Gasteiger partial charge in [0.25, 0.3) is 0 Å². The Labute approximate surface area is 131 Å². The normalized spacial score (nSPS) is 54.7. The highest BCUT2D eigenvalue weighted by molar-refractivity contribution is 5.72. The van der Waals surface area contributed by atoms with Gasteiger partial charge < -0.3 is 5.11 Å². The third-order valence-corrected chi connectivity index (χ3v) is 8.02. The summed E-state index contributed by atoms with van der Waals surface area (Å²) in [5.41, 5.74) is 0.986. The summed E-state index contributed by atoms with van der Waals surface area (Å²) in [6.45, 7) is 0. The van der Waals surface area contributed by atoms with Crippen molar-refractivity contribution in [3.05, 3.63) is 5.57 Å². The van der Waals surface area contributed by atoms with Crippen molar-refractivity contribution in [3.8, 4) is 0 Å². The molecular weight excluding hydrogens is 276 g/mol. The Morgan fingerprint density at radius 2 is 1.59 bits per heavy atom. The summed E-state index contributed by atoms with van der Waals surface area (Å²) in [6, 6.07) is 0. The molecule has 0 saturated heterocycles. The van der Waals surface area contributed by atoms with Gasteiger partial charge in [-0.3, -0.25) is 4.79 Å². The number of allylic oxidation sites excluding steroid dienone is 1. The Balaban J connectivity index is 1.51. The van der Waals surface area contributed by atoms with Crippen LogP contribution >= 0.6 is 0 Å². The van der Waals surface area contributed by atoms with Crippen molar-refractivity contribution in [2.45, 2.75) is 44.9 Å². The first-order valence-corrected chi connectivity index (χ1v) is 9.13. The highest BCUT2D eigenvalue weighted by Crippen LogP contribution is 2.65. The lowest BCUT2D eigenvalue weighted by atomic mass is 9.48. The second-order valence-electron chi connectivity index (χ2n) is 8.87. The maximum Gasteiger partial charge on any atom is 0.306 e. The molecule has 6 aliphatic rings. The second kappa shape index (κ2) is 4.47. The highest BCUT2D eigenvalue weighted by atomic mass is 16.4. The van der Waals surface area contributed by atoms with Crippen LogP contribution in [0.1, 0.15) is 44.9 Å². The first kappa shape index (κ1) is 13.4. The van der Waals surface area contributed by atoms with Crippen molar-refractivity contribution in [3.63, 3.8) is 0 Å². The average molecular weight is 300 g/mol. The number of fused-ring (bicyclic) bond motifs is 2. The van der Waals surface area contributed by atoms with Gasteiger partial charge in [0.2, 0.25) is 0 Å². The van der Waals surface area contributed by atoms with Gasteiger partial charge in [0.05, 0.1) is 5.92 Å². The van der Waals surface area contributed by atoms with E-state index in [1.807, 2.05) is 0 Å². The van der Waals surface area contributed by atoms with E-state index < -0.39 is 5.97 Å². The van der Waals surface area contributed by atoms with Gasteiger partial charge in [-0.25, -0.2) is 4.79 Å². The van der Waals surface area contributed by atoms with Gasteiger partial charge in [-0.2, -0.15) is 0 Å². The molecule has 4 unspecified atom stereocenters. The predicted octanol–water partition coefficient (Wildman–Crippen LogP) is 3.17. The molecule has 6 fully saturated rings. The minimum atomic E-state index is -0.633. The lowest BCUT2D eigenvalue weighted by Gasteiger charge is -2.57. The van der Waals surface area contributed by atoms with Crippen LogP contribution in [0.4, 0.5) is 0 Å². The van der Waals surface area contributed by atoms with Crippen molar-refractivity contribution >= 4 is 11.9 Å². The van der Waals surface area contributed by atoms with Crippen molar-refractivity contribution in [2.24, 2.45) is 53.3 Å². The summed E-state index contributed by atoms with van der Waals surface area (Å²) in [5.74, 6) is 6.14. The van der Waals surface area contributed by atoms with E-state index in [-0.39, 0.29) is 23.7 Å². The molecule has 22 heavy (non-hydrogen) atoms. The van der Waals surface area contributed by atoms with E-state index in [9.17, 15) is 14.7 Å². The molecule has 0 aromatic carbocycles. The molecule has 0 heterocycles. The fraction of sp³-hybridized carbons (Fsp3) is 0.842. The second-order valence-corrected chi connectivity index (χ2v) is 8.87. The van der Waals surface area contributed by atoms with E-state index in [0.29, 0.717) is 12.3 Å². The van der Waals surface area contributed by atoms with Crippen LogP contribution in [0.3, 0.4) is 0 Å². The number of rotatable bonds is 2. The van der Waals surface area contributed by atoms with Crippen LogP contribution in [0, 0.1) is 53.3 Å². The van der Waals surface area contributed by atoms with Gasteiger partial charge in [0.1, 0.15) is 5.94 Å². The zero-order valence-electron chi connectivity index (χ0n) is 12.9. The van der Waals surface area contributed by atoms with Gasteiger partial charge in [0.15, 0.2) is 0 Å². The zero-order valence-corrected chi connectivity index (χ0v) is 12.9. The van der Waals surface area contributed by atoms with Crippen molar-refractivity contribution < 1.29 is 14.7 Å². The molecule has 0 amide bonds. The van der Waals surface area contributed by atoms with E-state index >= 15 is 0 Å². The van der Waals surface area contributed by atoms with Crippen molar-refractivity contribution in [1.29, 1.82) is 0 Å². The van der Waals surface area contributed by atoms with Crippen LogP contribution in [0.2, 0.25) is 0 Å². The summed E-state index contributed by atoms with van der Waals surface area (Å²) < 4.78 is 0. The summed E-state index contributed by atoms with van der Waals surface area (Å²) >= 11 is 0. The number of aliphatic carboxylic acids is 1. The Morgan fingerprint density at radius 1 is 0.955 bits per heavy atom. The average Bonchev–Trinajstić information content (AvgIpc) is 3.04. The number of hydrogen-bond acceptors (Lipinski definition) is 2. The minimum Gasteiger partial charge on any atom is -0.481 e. The summed E-state index contributed by atoms with van der Waals surface area (Å²) in [6.07, 6.45) is 8.43. The number of carbonyl (C=O) groups is 1. The van der Waals surface area contributed by atoms with Crippen LogP contribution in [-0.4, -0.2) is 17.0 Å². The summed E-state index contributed by atoms with van der Waals surface area (Å²) in [5, 5.41) is 9.55. The molecule has 0 aromatic heterocycles. The molecule has 6 rings (SSSR count). The molecule has 4 atom stereocenters. The molecule has 0 aromatic rings. The van der Waals surface area contributed by atoms with Crippen molar-refractivity contribution in [1.82, 2.24) is 0 Å². The molecule has 0 aliphatic heterocycles. The van der Waals surface area contributed by atoms with Gasteiger partial charge in [0, 0.05) is 5.57 Å². The first-order chi connectivity index (χ1) is 10.7. The third kappa shape index (κ3) is 1.64. The SMILES string of the molecule is O=C=C1C2CC(C(=O)O)C(C2)C1C1C2CC3CC(C2)CC1C3. The molecule has 118 valence electrons. The number of hydrogen-bond donors (Lipinski definition) is 1. The van der Waals surface area contributed by atoms with E-state index in [2.05, 4.69) is 5.94 Å². The molecular formula is C19H24O3. The lowest BCUT2D eigenvalue weighted by molar-refractivity contribution is -0.145. The molecule has 0 spiro atoms. The lowest BCUT2D eigenvalue weighted by Crippen LogP contribution is -2.50. The molecule has 0 radical (unpaired) electrons. The van der Waals surface area contributed by atoms with Crippen LogP contribution in [0.5, 0.6) is 0 Å². The van der Waals surface area contributed by atoms with Gasteiger partial charge in [-0.05, 0) is 92.3 Å². The number of carboxylic acids is 1. The zero-order chi connectivity index (χ0) is 15.0. The van der Waals surface area contributed by atoms with Gasteiger partial charge in [-0.15, -0.1) is 0 Å².